The number of aromatic hydroxyl groups is 1. The van der Waals surface area contributed by atoms with Crippen molar-refractivity contribution in [2.24, 2.45) is 0 Å². The predicted octanol–water partition coefficient (Wildman–Crippen LogP) is 2.09. The average Bonchev–Trinajstić information content (AvgIpc) is 2.71. The molecule has 0 spiro atoms. The molecule has 8 heteroatoms. The lowest BCUT2D eigenvalue weighted by atomic mass is 10.0. The van der Waals surface area contributed by atoms with Crippen LogP contribution in [-0.2, 0) is 0 Å². The standard InChI is InChI=1S/C20H24O8/c1-11(22)13-8-16(26-3)20(17(9-13)27-4)28-18(10-21)19(24)12-5-6-14(23)15(7-12)25-2/h5-9,18-19,21,23-24H,10H2,1-4H3. The Bertz CT molecular complexity index is 808. The maximum atomic E-state index is 11.7. The SMILES string of the molecule is COc1cc(C(O)C(CO)Oc2c(OC)cc(C(C)=O)cc2OC)ccc1O. The summed E-state index contributed by atoms with van der Waals surface area (Å²) in [5.74, 6) is 0.492. The Labute approximate surface area is 162 Å². The smallest absolute Gasteiger partial charge is 0.204 e. The minimum absolute atomic E-state index is 0.0805. The highest BCUT2D eigenvalue weighted by Crippen LogP contribution is 2.41. The van der Waals surface area contributed by atoms with E-state index < -0.39 is 18.8 Å². The zero-order valence-electron chi connectivity index (χ0n) is 16.1. The van der Waals surface area contributed by atoms with E-state index in [2.05, 4.69) is 0 Å². The highest BCUT2D eigenvalue weighted by molar-refractivity contribution is 5.95. The number of methoxy groups -OCH3 is 3. The van der Waals surface area contributed by atoms with Crippen molar-refractivity contribution in [1.29, 1.82) is 0 Å². The first-order chi connectivity index (χ1) is 13.4. The van der Waals surface area contributed by atoms with Crippen molar-refractivity contribution in [1.82, 2.24) is 0 Å². The molecule has 0 amide bonds. The van der Waals surface area contributed by atoms with E-state index in [1.807, 2.05) is 0 Å². The van der Waals surface area contributed by atoms with Gasteiger partial charge in [-0.25, -0.2) is 0 Å². The molecule has 152 valence electrons. The quantitative estimate of drug-likeness (QED) is 0.556. The van der Waals surface area contributed by atoms with Gasteiger partial charge in [-0.05, 0) is 36.8 Å². The topological polar surface area (TPSA) is 115 Å². The molecule has 2 unspecified atom stereocenters. The first kappa shape index (κ1) is 21.3. The molecule has 2 aromatic rings. The number of ether oxygens (including phenoxy) is 4. The van der Waals surface area contributed by atoms with Crippen LogP contribution >= 0.6 is 0 Å². The van der Waals surface area contributed by atoms with E-state index in [1.165, 1.54) is 58.6 Å². The van der Waals surface area contributed by atoms with Crippen LogP contribution in [0.4, 0.5) is 0 Å². The minimum Gasteiger partial charge on any atom is -0.504 e. The number of rotatable bonds is 9. The van der Waals surface area contributed by atoms with Crippen LogP contribution in [0.15, 0.2) is 30.3 Å². The predicted molar refractivity (Wildman–Crippen MR) is 101 cm³/mol. The molecule has 3 N–H and O–H groups in total. The molecule has 8 nitrogen and oxygen atoms in total. The summed E-state index contributed by atoms with van der Waals surface area (Å²) in [6, 6.07) is 7.28. The van der Waals surface area contributed by atoms with Gasteiger partial charge in [0.15, 0.2) is 34.9 Å². The fourth-order valence-corrected chi connectivity index (χ4v) is 2.65. The van der Waals surface area contributed by atoms with Gasteiger partial charge in [-0.2, -0.15) is 0 Å². The van der Waals surface area contributed by atoms with Crippen LogP contribution in [0.25, 0.3) is 0 Å². The minimum atomic E-state index is -1.25. The van der Waals surface area contributed by atoms with Crippen molar-refractivity contribution in [3.05, 3.63) is 41.5 Å². The molecule has 2 rings (SSSR count). The van der Waals surface area contributed by atoms with Crippen molar-refractivity contribution in [3.8, 4) is 28.7 Å². The van der Waals surface area contributed by atoms with E-state index in [4.69, 9.17) is 18.9 Å². The van der Waals surface area contributed by atoms with Crippen LogP contribution < -0.4 is 18.9 Å². The van der Waals surface area contributed by atoms with Gasteiger partial charge in [-0.1, -0.05) is 6.07 Å². The Morgan fingerprint density at radius 1 is 1.00 bits per heavy atom. The number of hydrogen-bond donors (Lipinski definition) is 3. The van der Waals surface area contributed by atoms with Crippen LogP contribution in [-0.4, -0.2) is 55.1 Å². The Morgan fingerprint density at radius 3 is 2.04 bits per heavy atom. The molecule has 2 aromatic carbocycles. The number of phenolic OH excluding ortho intramolecular Hbond substituents is 1. The Balaban J connectivity index is 2.40. The molecule has 0 heterocycles. The average molecular weight is 392 g/mol. The van der Waals surface area contributed by atoms with Gasteiger partial charge in [0, 0.05) is 5.56 Å². The fraction of sp³-hybridized carbons (Fsp3) is 0.350. The fourth-order valence-electron chi connectivity index (χ4n) is 2.65. The lowest BCUT2D eigenvalue weighted by Gasteiger charge is -2.25. The number of aliphatic hydroxyl groups excluding tert-OH is 2. The lowest BCUT2D eigenvalue weighted by Crippen LogP contribution is -2.29. The van der Waals surface area contributed by atoms with Crippen molar-refractivity contribution >= 4 is 5.78 Å². The van der Waals surface area contributed by atoms with Crippen LogP contribution in [0.3, 0.4) is 0 Å². The number of ketones is 1. The molecule has 0 saturated carbocycles. The second-order valence-corrected chi connectivity index (χ2v) is 5.98. The van der Waals surface area contributed by atoms with Crippen LogP contribution in [0.2, 0.25) is 0 Å². The molecule has 28 heavy (non-hydrogen) atoms. The first-order valence-electron chi connectivity index (χ1n) is 8.45. The molecular weight excluding hydrogens is 368 g/mol. The normalized spacial score (nSPS) is 12.8. The number of benzene rings is 2. The second kappa shape index (κ2) is 9.29. The second-order valence-electron chi connectivity index (χ2n) is 5.98. The highest BCUT2D eigenvalue weighted by Gasteiger charge is 2.27. The van der Waals surface area contributed by atoms with Gasteiger partial charge in [0.1, 0.15) is 6.10 Å². The molecular formula is C20H24O8. The third-order valence-corrected chi connectivity index (χ3v) is 4.21. The largest absolute Gasteiger partial charge is 0.504 e. The molecule has 0 saturated heterocycles. The summed E-state index contributed by atoms with van der Waals surface area (Å²) in [5, 5.41) is 30.1. The first-order valence-corrected chi connectivity index (χ1v) is 8.45. The molecule has 2 atom stereocenters. The van der Waals surface area contributed by atoms with Crippen molar-refractivity contribution < 1.29 is 39.1 Å². The Hall–Kier alpha value is -2.97. The molecule has 0 aliphatic rings. The number of hydrogen-bond acceptors (Lipinski definition) is 8. The third-order valence-electron chi connectivity index (χ3n) is 4.21. The van der Waals surface area contributed by atoms with E-state index in [1.54, 1.807) is 0 Å². The Morgan fingerprint density at radius 2 is 1.57 bits per heavy atom. The van der Waals surface area contributed by atoms with Crippen molar-refractivity contribution in [2.45, 2.75) is 19.1 Å². The maximum absolute atomic E-state index is 11.7. The number of aliphatic hydroxyl groups is 2. The van der Waals surface area contributed by atoms with Gasteiger partial charge in [0.05, 0.1) is 27.9 Å². The Kier molecular flexibility index (Phi) is 7.08. The van der Waals surface area contributed by atoms with Crippen molar-refractivity contribution in [3.63, 3.8) is 0 Å². The summed E-state index contributed by atoms with van der Waals surface area (Å²) in [6.07, 6.45) is -2.33. The number of Topliss-reactive ketones (excluding diaryl/α,β-unsaturated/α-hetero) is 1. The van der Waals surface area contributed by atoms with Crippen LogP contribution in [0, 0.1) is 0 Å². The lowest BCUT2D eigenvalue weighted by molar-refractivity contribution is -0.00176. The molecule has 0 fully saturated rings. The van der Waals surface area contributed by atoms with Crippen LogP contribution in [0.1, 0.15) is 28.9 Å². The van der Waals surface area contributed by atoms with Gasteiger partial charge in [0.25, 0.3) is 0 Å². The summed E-state index contributed by atoms with van der Waals surface area (Å²) in [5.41, 5.74) is 0.734. The monoisotopic (exact) mass is 392 g/mol. The van der Waals surface area contributed by atoms with E-state index in [0.29, 0.717) is 11.1 Å². The summed E-state index contributed by atoms with van der Waals surface area (Å²) in [4.78, 5) is 11.7. The molecule has 0 aliphatic carbocycles. The molecule has 0 aromatic heterocycles. The highest BCUT2D eigenvalue weighted by atomic mass is 16.6. The molecule has 0 bridgehead atoms. The van der Waals surface area contributed by atoms with Gasteiger partial charge in [-0.15, -0.1) is 0 Å². The number of carbonyl (C=O) groups is 1. The van der Waals surface area contributed by atoms with Gasteiger partial charge < -0.3 is 34.3 Å². The number of carbonyl (C=O) groups excluding carboxylic acids is 1. The summed E-state index contributed by atoms with van der Waals surface area (Å²) < 4.78 is 21.4. The summed E-state index contributed by atoms with van der Waals surface area (Å²) in [6.45, 7) is 0.887. The van der Waals surface area contributed by atoms with E-state index >= 15 is 0 Å². The zero-order chi connectivity index (χ0) is 20.8. The van der Waals surface area contributed by atoms with Gasteiger partial charge in [0.2, 0.25) is 5.75 Å². The van der Waals surface area contributed by atoms with Gasteiger partial charge >= 0.3 is 0 Å². The van der Waals surface area contributed by atoms with E-state index in [0.717, 1.165) is 0 Å². The molecule has 0 radical (unpaired) electrons. The zero-order valence-corrected chi connectivity index (χ0v) is 16.1. The van der Waals surface area contributed by atoms with E-state index in [-0.39, 0.29) is 34.5 Å². The summed E-state index contributed by atoms with van der Waals surface area (Å²) >= 11 is 0. The van der Waals surface area contributed by atoms with Crippen LogP contribution in [0.5, 0.6) is 28.7 Å². The summed E-state index contributed by atoms with van der Waals surface area (Å²) in [7, 11) is 4.19. The van der Waals surface area contributed by atoms with Gasteiger partial charge in [-0.3, -0.25) is 4.79 Å². The maximum Gasteiger partial charge on any atom is 0.204 e. The van der Waals surface area contributed by atoms with E-state index in [9.17, 15) is 20.1 Å². The number of phenols is 1. The van der Waals surface area contributed by atoms with Crippen molar-refractivity contribution in [2.75, 3.05) is 27.9 Å². The third kappa shape index (κ3) is 4.47. The molecule has 0 aliphatic heterocycles.